The van der Waals surface area contributed by atoms with E-state index < -0.39 is 18.4 Å². The quantitative estimate of drug-likeness (QED) is 0.371. The van der Waals surface area contributed by atoms with E-state index >= 15 is 0 Å². The highest BCUT2D eigenvalue weighted by molar-refractivity contribution is 14.1. The predicted octanol–water partition coefficient (Wildman–Crippen LogP) is 3.77. The molecule has 0 aliphatic heterocycles. The Morgan fingerprint density at radius 1 is 1.29 bits per heavy atom. The lowest BCUT2D eigenvalue weighted by Crippen LogP contribution is -2.11. The Kier molecular flexibility index (Phi) is 4.84. The standard InChI is InChI=1S/C10H11F4IN2/c11-6-4-9(8(16)5-7(6)15)17-3-1-2-10(12,13)14/h4-5,17H,1-3,16H2. The van der Waals surface area contributed by atoms with Gasteiger partial charge in [-0.1, -0.05) is 0 Å². The molecule has 0 saturated carbocycles. The maximum atomic E-state index is 13.2. The Morgan fingerprint density at radius 2 is 1.94 bits per heavy atom. The molecule has 1 aromatic rings. The molecule has 0 unspecified atom stereocenters. The zero-order chi connectivity index (χ0) is 13.1. The van der Waals surface area contributed by atoms with Gasteiger partial charge in [-0.3, -0.25) is 0 Å². The summed E-state index contributed by atoms with van der Waals surface area (Å²) in [6.07, 6.45) is -5.10. The number of hydrogen-bond acceptors (Lipinski definition) is 2. The van der Waals surface area contributed by atoms with E-state index in [9.17, 15) is 17.6 Å². The van der Waals surface area contributed by atoms with E-state index in [4.69, 9.17) is 5.73 Å². The first kappa shape index (κ1) is 14.3. The van der Waals surface area contributed by atoms with E-state index in [1.54, 1.807) is 22.6 Å². The molecule has 0 aliphatic carbocycles. The summed E-state index contributed by atoms with van der Waals surface area (Å²) >= 11 is 1.79. The molecule has 0 bridgehead atoms. The fourth-order valence-electron chi connectivity index (χ4n) is 1.23. The maximum Gasteiger partial charge on any atom is 0.389 e. The Hall–Kier alpha value is -0.730. The van der Waals surface area contributed by atoms with E-state index in [-0.39, 0.29) is 13.0 Å². The molecule has 0 aliphatic rings. The highest BCUT2D eigenvalue weighted by Crippen LogP contribution is 2.25. The minimum Gasteiger partial charge on any atom is -0.397 e. The number of benzene rings is 1. The first-order valence-corrected chi connectivity index (χ1v) is 5.92. The van der Waals surface area contributed by atoms with Gasteiger partial charge in [0.1, 0.15) is 5.82 Å². The van der Waals surface area contributed by atoms with Gasteiger partial charge in [0.2, 0.25) is 0 Å². The molecule has 0 aromatic heterocycles. The molecule has 0 spiro atoms. The molecule has 0 heterocycles. The molecule has 1 rings (SSSR count). The van der Waals surface area contributed by atoms with Crippen LogP contribution >= 0.6 is 22.6 Å². The van der Waals surface area contributed by atoms with Crippen LogP contribution in [0.25, 0.3) is 0 Å². The minimum atomic E-state index is -4.16. The van der Waals surface area contributed by atoms with Gasteiger partial charge >= 0.3 is 6.18 Å². The average Bonchev–Trinajstić information content (AvgIpc) is 2.18. The molecular weight excluding hydrogens is 351 g/mol. The zero-order valence-corrected chi connectivity index (χ0v) is 10.9. The van der Waals surface area contributed by atoms with Crippen LogP contribution in [-0.2, 0) is 0 Å². The second-order valence-electron chi connectivity index (χ2n) is 3.50. The van der Waals surface area contributed by atoms with E-state index in [0.29, 0.717) is 14.9 Å². The molecule has 0 atom stereocenters. The van der Waals surface area contributed by atoms with Crippen LogP contribution in [0, 0.1) is 9.39 Å². The molecular formula is C10H11F4IN2. The van der Waals surface area contributed by atoms with Gasteiger partial charge in [0, 0.05) is 19.0 Å². The van der Waals surface area contributed by atoms with Crippen LogP contribution in [0.5, 0.6) is 0 Å². The SMILES string of the molecule is Nc1cc(I)c(F)cc1NCCCC(F)(F)F. The van der Waals surface area contributed by atoms with Crippen LogP contribution in [-0.4, -0.2) is 12.7 Å². The van der Waals surface area contributed by atoms with Gasteiger partial charge in [0.05, 0.1) is 14.9 Å². The zero-order valence-electron chi connectivity index (χ0n) is 8.74. The van der Waals surface area contributed by atoms with Crippen molar-refractivity contribution < 1.29 is 17.6 Å². The van der Waals surface area contributed by atoms with Crippen molar-refractivity contribution in [3.63, 3.8) is 0 Å². The molecule has 0 saturated heterocycles. The average molecular weight is 362 g/mol. The van der Waals surface area contributed by atoms with Crippen molar-refractivity contribution in [2.75, 3.05) is 17.6 Å². The number of halogens is 5. The Balaban J connectivity index is 2.50. The Morgan fingerprint density at radius 3 is 2.53 bits per heavy atom. The number of rotatable bonds is 4. The highest BCUT2D eigenvalue weighted by atomic mass is 127. The van der Waals surface area contributed by atoms with E-state index in [0.717, 1.165) is 0 Å². The predicted molar refractivity (Wildman–Crippen MR) is 67.3 cm³/mol. The summed E-state index contributed by atoms with van der Waals surface area (Å²) in [5.74, 6) is -0.446. The second-order valence-corrected chi connectivity index (χ2v) is 4.66. The minimum absolute atomic E-state index is 0.0729. The third-order valence-electron chi connectivity index (χ3n) is 2.04. The molecule has 0 amide bonds. The second kappa shape index (κ2) is 5.74. The van der Waals surface area contributed by atoms with Crippen molar-refractivity contribution in [1.82, 2.24) is 0 Å². The topological polar surface area (TPSA) is 38.0 Å². The maximum absolute atomic E-state index is 13.2. The molecule has 3 N–H and O–H groups in total. The summed E-state index contributed by atoms with van der Waals surface area (Å²) in [5.41, 5.74) is 6.25. The smallest absolute Gasteiger partial charge is 0.389 e. The molecule has 17 heavy (non-hydrogen) atoms. The summed E-state index contributed by atoms with van der Waals surface area (Å²) in [5, 5.41) is 2.69. The molecule has 96 valence electrons. The van der Waals surface area contributed by atoms with E-state index in [2.05, 4.69) is 5.32 Å². The summed E-state index contributed by atoms with van der Waals surface area (Å²) in [6, 6.07) is 2.62. The lowest BCUT2D eigenvalue weighted by Gasteiger charge is -2.11. The van der Waals surface area contributed by atoms with Crippen LogP contribution in [0.1, 0.15) is 12.8 Å². The van der Waals surface area contributed by atoms with E-state index in [1.165, 1.54) is 12.1 Å². The number of anilines is 2. The Labute approximate surface area is 110 Å². The molecule has 7 heteroatoms. The van der Waals surface area contributed by atoms with E-state index in [1.807, 2.05) is 0 Å². The highest BCUT2D eigenvalue weighted by Gasteiger charge is 2.25. The van der Waals surface area contributed by atoms with Gasteiger partial charge in [0.25, 0.3) is 0 Å². The molecule has 2 nitrogen and oxygen atoms in total. The van der Waals surface area contributed by atoms with Crippen molar-refractivity contribution in [3.8, 4) is 0 Å². The van der Waals surface area contributed by atoms with Crippen LogP contribution in [0.4, 0.5) is 28.9 Å². The van der Waals surface area contributed by atoms with Gasteiger partial charge in [-0.2, -0.15) is 13.2 Å². The van der Waals surface area contributed by atoms with Crippen molar-refractivity contribution in [3.05, 3.63) is 21.5 Å². The summed E-state index contributed by atoms with van der Waals surface area (Å²) in [6.45, 7) is 0.101. The normalized spacial score (nSPS) is 11.6. The number of nitrogen functional groups attached to an aromatic ring is 1. The monoisotopic (exact) mass is 362 g/mol. The Bertz CT molecular complexity index is 393. The lowest BCUT2D eigenvalue weighted by molar-refractivity contribution is -0.134. The third kappa shape index (κ3) is 4.97. The molecule has 1 aromatic carbocycles. The van der Waals surface area contributed by atoms with Crippen LogP contribution in [0.3, 0.4) is 0 Å². The van der Waals surface area contributed by atoms with Crippen LogP contribution < -0.4 is 11.1 Å². The molecule has 0 radical (unpaired) electrons. The fourth-order valence-corrected chi connectivity index (χ4v) is 1.72. The fraction of sp³-hybridized carbons (Fsp3) is 0.400. The lowest BCUT2D eigenvalue weighted by atomic mass is 10.2. The van der Waals surface area contributed by atoms with Crippen molar-refractivity contribution in [1.29, 1.82) is 0 Å². The molecule has 0 fully saturated rings. The first-order valence-electron chi connectivity index (χ1n) is 4.85. The summed E-state index contributed by atoms with van der Waals surface area (Å²) in [7, 11) is 0. The number of alkyl halides is 3. The van der Waals surface area contributed by atoms with Gasteiger partial charge in [-0.25, -0.2) is 4.39 Å². The van der Waals surface area contributed by atoms with Gasteiger partial charge in [0.15, 0.2) is 0 Å². The van der Waals surface area contributed by atoms with Crippen LogP contribution in [0.2, 0.25) is 0 Å². The summed E-state index contributed by atoms with van der Waals surface area (Å²) in [4.78, 5) is 0. The van der Waals surface area contributed by atoms with Gasteiger partial charge < -0.3 is 11.1 Å². The van der Waals surface area contributed by atoms with Crippen LogP contribution in [0.15, 0.2) is 12.1 Å². The van der Waals surface area contributed by atoms with Crippen molar-refractivity contribution in [2.24, 2.45) is 0 Å². The summed E-state index contributed by atoms with van der Waals surface area (Å²) < 4.78 is 49.1. The number of hydrogen-bond donors (Lipinski definition) is 2. The number of nitrogens with one attached hydrogen (secondary N) is 1. The third-order valence-corrected chi connectivity index (χ3v) is 2.87. The van der Waals surface area contributed by atoms with Gasteiger partial charge in [-0.15, -0.1) is 0 Å². The largest absolute Gasteiger partial charge is 0.397 e. The number of nitrogens with two attached hydrogens (primary N) is 1. The van der Waals surface area contributed by atoms with Gasteiger partial charge in [-0.05, 0) is 35.1 Å². The van der Waals surface area contributed by atoms with Crippen molar-refractivity contribution >= 4 is 34.0 Å². The van der Waals surface area contributed by atoms with Crippen molar-refractivity contribution in [2.45, 2.75) is 19.0 Å². The first-order chi connectivity index (χ1) is 7.79.